The predicted octanol–water partition coefficient (Wildman–Crippen LogP) is 4.36. The van der Waals surface area contributed by atoms with Crippen LogP contribution in [-0.4, -0.2) is 10.2 Å². The van der Waals surface area contributed by atoms with Crippen LogP contribution < -0.4 is 0 Å². The van der Waals surface area contributed by atoms with E-state index in [0.717, 1.165) is 30.4 Å². The summed E-state index contributed by atoms with van der Waals surface area (Å²) in [5.41, 5.74) is 2.00. The lowest BCUT2D eigenvalue weighted by Crippen LogP contribution is -2.03. The van der Waals surface area contributed by atoms with E-state index in [4.69, 9.17) is 0 Å². The van der Waals surface area contributed by atoms with Gasteiger partial charge in [-0.1, -0.05) is 31.5 Å². The SMILES string of the molecule is CCCC(Cc1ccc(O)c(F)c1)c1ccc(O)cc1. The maximum Gasteiger partial charge on any atom is 0.165 e. The lowest BCUT2D eigenvalue weighted by Gasteiger charge is -2.17. The summed E-state index contributed by atoms with van der Waals surface area (Å²) in [7, 11) is 0. The minimum Gasteiger partial charge on any atom is -0.508 e. The van der Waals surface area contributed by atoms with Crippen LogP contribution in [0, 0.1) is 5.82 Å². The second-order valence-electron chi connectivity index (χ2n) is 5.07. The lowest BCUT2D eigenvalue weighted by molar-refractivity contribution is 0.431. The van der Waals surface area contributed by atoms with Gasteiger partial charge in [-0.05, 0) is 54.2 Å². The van der Waals surface area contributed by atoms with Gasteiger partial charge >= 0.3 is 0 Å². The Labute approximate surface area is 118 Å². The molecule has 0 aromatic heterocycles. The van der Waals surface area contributed by atoms with Crippen molar-refractivity contribution in [3.8, 4) is 11.5 Å². The first-order valence-corrected chi connectivity index (χ1v) is 6.86. The number of hydrogen-bond donors (Lipinski definition) is 2. The number of hydrogen-bond acceptors (Lipinski definition) is 2. The fourth-order valence-corrected chi connectivity index (χ4v) is 2.44. The Hall–Kier alpha value is -2.03. The van der Waals surface area contributed by atoms with Crippen LogP contribution >= 0.6 is 0 Å². The second kappa shape index (κ2) is 6.42. The monoisotopic (exact) mass is 274 g/mol. The largest absolute Gasteiger partial charge is 0.508 e. The third-order valence-electron chi connectivity index (χ3n) is 3.50. The average molecular weight is 274 g/mol. The molecule has 1 unspecified atom stereocenters. The Morgan fingerprint density at radius 3 is 2.35 bits per heavy atom. The standard InChI is InChI=1S/C17H19FO2/c1-2-3-14(13-5-7-15(19)8-6-13)10-12-4-9-17(20)16(18)11-12/h4-9,11,14,19-20H,2-3,10H2,1H3. The molecule has 2 aromatic rings. The van der Waals surface area contributed by atoms with Crippen molar-refractivity contribution in [2.24, 2.45) is 0 Å². The molecule has 0 aliphatic carbocycles. The fraction of sp³-hybridized carbons (Fsp3) is 0.294. The Kier molecular flexibility index (Phi) is 4.61. The van der Waals surface area contributed by atoms with E-state index in [-0.39, 0.29) is 17.4 Å². The van der Waals surface area contributed by atoms with Crippen molar-refractivity contribution in [1.82, 2.24) is 0 Å². The maximum atomic E-state index is 13.4. The molecule has 0 bridgehead atoms. The molecule has 2 N–H and O–H groups in total. The molecule has 0 spiro atoms. The van der Waals surface area contributed by atoms with E-state index in [1.54, 1.807) is 18.2 Å². The second-order valence-corrected chi connectivity index (χ2v) is 5.07. The van der Waals surface area contributed by atoms with Crippen LogP contribution in [0.2, 0.25) is 0 Å². The van der Waals surface area contributed by atoms with Gasteiger partial charge < -0.3 is 10.2 Å². The molecule has 0 heterocycles. The number of aromatic hydroxyl groups is 2. The zero-order valence-corrected chi connectivity index (χ0v) is 11.5. The van der Waals surface area contributed by atoms with Gasteiger partial charge in [0, 0.05) is 0 Å². The summed E-state index contributed by atoms with van der Waals surface area (Å²) in [5.74, 6) is -0.363. The molecule has 0 radical (unpaired) electrons. The maximum absolute atomic E-state index is 13.4. The number of phenolic OH excluding ortho intramolecular Hbond substituents is 2. The molecule has 3 heteroatoms. The molecule has 2 nitrogen and oxygen atoms in total. The van der Waals surface area contributed by atoms with Crippen LogP contribution in [0.4, 0.5) is 4.39 Å². The molecular weight excluding hydrogens is 255 g/mol. The average Bonchev–Trinajstić information content (AvgIpc) is 2.43. The van der Waals surface area contributed by atoms with Crippen LogP contribution in [0.3, 0.4) is 0 Å². The van der Waals surface area contributed by atoms with E-state index in [0.29, 0.717) is 0 Å². The first-order chi connectivity index (χ1) is 9.60. The molecule has 106 valence electrons. The van der Waals surface area contributed by atoms with Crippen LogP contribution in [-0.2, 0) is 6.42 Å². The first kappa shape index (κ1) is 14.4. The summed E-state index contributed by atoms with van der Waals surface area (Å²) in [6, 6.07) is 11.7. The highest BCUT2D eigenvalue weighted by Gasteiger charge is 2.13. The van der Waals surface area contributed by atoms with Gasteiger partial charge in [0.1, 0.15) is 5.75 Å². The van der Waals surface area contributed by atoms with Gasteiger partial charge in [-0.3, -0.25) is 0 Å². The van der Waals surface area contributed by atoms with E-state index < -0.39 is 5.82 Å². The van der Waals surface area contributed by atoms with Crippen molar-refractivity contribution in [2.75, 3.05) is 0 Å². The molecule has 0 saturated heterocycles. The van der Waals surface area contributed by atoms with Gasteiger partial charge in [-0.2, -0.15) is 0 Å². The highest BCUT2D eigenvalue weighted by atomic mass is 19.1. The molecule has 1 atom stereocenters. The van der Waals surface area contributed by atoms with Crippen molar-refractivity contribution in [3.05, 3.63) is 59.4 Å². The van der Waals surface area contributed by atoms with Crippen molar-refractivity contribution in [1.29, 1.82) is 0 Å². The van der Waals surface area contributed by atoms with Crippen molar-refractivity contribution in [3.63, 3.8) is 0 Å². The Morgan fingerprint density at radius 1 is 1.05 bits per heavy atom. The lowest BCUT2D eigenvalue weighted by atomic mass is 9.88. The Balaban J connectivity index is 2.20. The highest BCUT2D eigenvalue weighted by Crippen LogP contribution is 2.28. The summed E-state index contributed by atoms with van der Waals surface area (Å²) in [6.07, 6.45) is 2.75. The van der Waals surface area contributed by atoms with Gasteiger partial charge in [-0.15, -0.1) is 0 Å². The van der Waals surface area contributed by atoms with Crippen molar-refractivity contribution >= 4 is 0 Å². The van der Waals surface area contributed by atoms with E-state index in [2.05, 4.69) is 6.92 Å². The zero-order valence-electron chi connectivity index (χ0n) is 11.5. The van der Waals surface area contributed by atoms with Gasteiger partial charge in [0.25, 0.3) is 0 Å². The predicted molar refractivity (Wildman–Crippen MR) is 77.5 cm³/mol. The molecule has 0 aliphatic heterocycles. The molecule has 20 heavy (non-hydrogen) atoms. The van der Waals surface area contributed by atoms with Gasteiger partial charge in [0.05, 0.1) is 0 Å². The molecule has 0 amide bonds. The number of phenols is 2. The highest BCUT2D eigenvalue weighted by molar-refractivity contribution is 5.32. The minimum atomic E-state index is -0.580. The van der Waals surface area contributed by atoms with E-state index >= 15 is 0 Å². The fourth-order valence-electron chi connectivity index (χ4n) is 2.44. The summed E-state index contributed by atoms with van der Waals surface area (Å²) in [6.45, 7) is 2.12. The minimum absolute atomic E-state index is 0.250. The molecule has 0 fully saturated rings. The Bertz CT molecular complexity index is 564. The third kappa shape index (κ3) is 3.50. The number of rotatable bonds is 5. The van der Waals surface area contributed by atoms with E-state index in [1.807, 2.05) is 12.1 Å². The molecule has 0 aliphatic rings. The summed E-state index contributed by atoms with van der Waals surface area (Å²) >= 11 is 0. The summed E-state index contributed by atoms with van der Waals surface area (Å²) < 4.78 is 13.4. The first-order valence-electron chi connectivity index (χ1n) is 6.86. The van der Waals surface area contributed by atoms with Gasteiger partial charge in [0.15, 0.2) is 11.6 Å². The van der Waals surface area contributed by atoms with Crippen LogP contribution in [0.1, 0.15) is 36.8 Å². The number of halogens is 1. The Morgan fingerprint density at radius 2 is 1.75 bits per heavy atom. The molecule has 2 rings (SSSR count). The van der Waals surface area contributed by atoms with Crippen LogP contribution in [0.15, 0.2) is 42.5 Å². The topological polar surface area (TPSA) is 40.5 Å². The quantitative estimate of drug-likeness (QED) is 0.850. The van der Waals surface area contributed by atoms with E-state index in [1.165, 1.54) is 12.1 Å². The van der Waals surface area contributed by atoms with Gasteiger partial charge in [0.2, 0.25) is 0 Å². The van der Waals surface area contributed by atoms with Crippen LogP contribution in [0.25, 0.3) is 0 Å². The molecule has 0 saturated carbocycles. The number of benzene rings is 2. The molecular formula is C17H19FO2. The van der Waals surface area contributed by atoms with Crippen molar-refractivity contribution in [2.45, 2.75) is 32.1 Å². The van der Waals surface area contributed by atoms with Gasteiger partial charge in [-0.25, -0.2) is 4.39 Å². The van der Waals surface area contributed by atoms with Crippen molar-refractivity contribution < 1.29 is 14.6 Å². The normalized spacial score (nSPS) is 12.3. The zero-order chi connectivity index (χ0) is 14.5. The summed E-state index contributed by atoms with van der Waals surface area (Å²) in [5, 5.41) is 18.6. The molecule has 2 aromatic carbocycles. The van der Waals surface area contributed by atoms with Crippen LogP contribution in [0.5, 0.6) is 11.5 Å². The van der Waals surface area contributed by atoms with E-state index in [9.17, 15) is 14.6 Å². The smallest absolute Gasteiger partial charge is 0.165 e. The third-order valence-corrected chi connectivity index (χ3v) is 3.50. The summed E-state index contributed by atoms with van der Waals surface area (Å²) in [4.78, 5) is 0.